The maximum atomic E-state index is 13.5. The molecule has 0 spiro atoms. The highest BCUT2D eigenvalue weighted by Crippen LogP contribution is 2.33. The van der Waals surface area contributed by atoms with Crippen molar-refractivity contribution in [3.8, 4) is 5.75 Å². The molecule has 1 aromatic heterocycles. The number of methoxy groups -OCH3 is 1. The van der Waals surface area contributed by atoms with Crippen molar-refractivity contribution < 1.29 is 9.53 Å². The molecule has 2 aromatic carbocycles. The van der Waals surface area contributed by atoms with Crippen LogP contribution in [0, 0.1) is 0 Å². The summed E-state index contributed by atoms with van der Waals surface area (Å²) in [5, 5.41) is 6.50. The van der Waals surface area contributed by atoms with Gasteiger partial charge in [-0.3, -0.25) is 9.69 Å². The molecule has 0 unspecified atom stereocenters. The van der Waals surface area contributed by atoms with E-state index in [9.17, 15) is 4.79 Å². The van der Waals surface area contributed by atoms with Gasteiger partial charge in [-0.1, -0.05) is 48.5 Å². The summed E-state index contributed by atoms with van der Waals surface area (Å²) in [4.78, 5) is 22.4. The molecule has 3 aromatic rings. The van der Waals surface area contributed by atoms with Gasteiger partial charge < -0.3 is 9.64 Å². The van der Waals surface area contributed by atoms with E-state index in [1.54, 1.807) is 12.1 Å². The van der Waals surface area contributed by atoms with Crippen LogP contribution in [0.4, 0.5) is 5.82 Å². The van der Waals surface area contributed by atoms with Crippen molar-refractivity contribution in [1.29, 1.82) is 0 Å². The molecule has 0 aliphatic carbocycles. The molecule has 0 radical (unpaired) electrons. The van der Waals surface area contributed by atoms with Gasteiger partial charge in [0.15, 0.2) is 0 Å². The van der Waals surface area contributed by atoms with E-state index in [0.717, 1.165) is 54.6 Å². The van der Waals surface area contributed by atoms with Crippen molar-refractivity contribution in [3.05, 3.63) is 90.1 Å². The summed E-state index contributed by atoms with van der Waals surface area (Å²) in [7, 11) is 1.66. The van der Waals surface area contributed by atoms with Gasteiger partial charge in [0.2, 0.25) is 0 Å². The van der Waals surface area contributed by atoms with Gasteiger partial charge in [0.05, 0.1) is 25.4 Å². The second kappa shape index (κ2) is 10.1. The number of amides is 1. The lowest BCUT2D eigenvalue weighted by molar-refractivity contribution is -0.134. The van der Waals surface area contributed by atoms with Crippen molar-refractivity contribution in [2.45, 2.75) is 12.5 Å². The van der Waals surface area contributed by atoms with Gasteiger partial charge in [0.1, 0.15) is 11.6 Å². The molecule has 2 aliphatic heterocycles. The Morgan fingerprint density at radius 3 is 2.35 bits per heavy atom. The molecule has 1 atom stereocenters. The van der Waals surface area contributed by atoms with Crippen molar-refractivity contribution in [3.63, 3.8) is 0 Å². The van der Waals surface area contributed by atoms with Gasteiger partial charge in [0.25, 0.3) is 5.91 Å². The Kier molecular flexibility index (Phi) is 6.53. The van der Waals surface area contributed by atoms with Gasteiger partial charge in [0, 0.05) is 38.8 Å². The van der Waals surface area contributed by atoms with Crippen molar-refractivity contribution in [2.24, 2.45) is 5.10 Å². The van der Waals surface area contributed by atoms with E-state index in [2.05, 4.69) is 26.9 Å². The number of pyridine rings is 1. The monoisotopic (exact) mass is 455 g/mol. The fourth-order valence-electron chi connectivity index (χ4n) is 4.57. The van der Waals surface area contributed by atoms with E-state index in [1.165, 1.54) is 0 Å². The van der Waals surface area contributed by atoms with Gasteiger partial charge in [-0.15, -0.1) is 0 Å². The van der Waals surface area contributed by atoms with Crippen LogP contribution in [-0.2, 0) is 4.79 Å². The highest BCUT2D eigenvalue weighted by molar-refractivity contribution is 6.03. The van der Waals surface area contributed by atoms with E-state index in [0.29, 0.717) is 13.0 Å². The van der Waals surface area contributed by atoms with Gasteiger partial charge in [-0.25, -0.2) is 9.99 Å². The molecule has 1 saturated heterocycles. The second-order valence-corrected chi connectivity index (χ2v) is 8.60. The van der Waals surface area contributed by atoms with Crippen LogP contribution in [0.5, 0.6) is 5.75 Å². The zero-order valence-electron chi connectivity index (χ0n) is 19.4. The SMILES string of the molecule is COc1ccc([C@H]2CC(c3ccccc3)=NN2C(=O)CN2CCN(c3ccccn3)CC2)cc1. The molecular formula is C27H29N5O2. The Morgan fingerprint density at radius 1 is 0.941 bits per heavy atom. The van der Waals surface area contributed by atoms with E-state index in [-0.39, 0.29) is 11.9 Å². The van der Waals surface area contributed by atoms with Crippen LogP contribution < -0.4 is 9.64 Å². The number of aromatic nitrogens is 1. The Hall–Kier alpha value is -3.71. The predicted octanol–water partition coefficient (Wildman–Crippen LogP) is 3.59. The summed E-state index contributed by atoms with van der Waals surface area (Å²) < 4.78 is 5.31. The topological polar surface area (TPSA) is 61.3 Å². The normalized spacial score (nSPS) is 18.6. The average molecular weight is 456 g/mol. The number of hydrazone groups is 1. The summed E-state index contributed by atoms with van der Waals surface area (Å²) in [5.41, 5.74) is 3.05. The minimum Gasteiger partial charge on any atom is -0.497 e. The number of hydrogen-bond acceptors (Lipinski definition) is 6. The molecule has 174 valence electrons. The molecule has 0 saturated carbocycles. The van der Waals surface area contributed by atoms with Gasteiger partial charge in [-0.2, -0.15) is 5.10 Å². The third kappa shape index (κ3) is 4.79. The number of piperazine rings is 1. The highest BCUT2D eigenvalue weighted by Gasteiger charge is 2.34. The molecule has 34 heavy (non-hydrogen) atoms. The lowest BCUT2D eigenvalue weighted by Gasteiger charge is -2.35. The molecule has 1 amide bonds. The molecule has 0 bridgehead atoms. The maximum absolute atomic E-state index is 13.5. The smallest absolute Gasteiger partial charge is 0.257 e. The van der Waals surface area contributed by atoms with Crippen LogP contribution in [0.25, 0.3) is 0 Å². The van der Waals surface area contributed by atoms with Gasteiger partial charge >= 0.3 is 0 Å². The number of carbonyl (C=O) groups is 1. The first-order chi connectivity index (χ1) is 16.7. The number of benzene rings is 2. The number of anilines is 1. The van der Waals surface area contributed by atoms with Crippen LogP contribution in [0.2, 0.25) is 0 Å². The minimum absolute atomic E-state index is 0.0260. The first kappa shape index (κ1) is 22.1. The predicted molar refractivity (Wildman–Crippen MR) is 133 cm³/mol. The number of ether oxygens (including phenoxy) is 1. The number of nitrogens with zero attached hydrogens (tertiary/aromatic N) is 5. The molecule has 3 heterocycles. The molecule has 7 nitrogen and oxygen atoms in total. The van der Waals surface area contributed by atoms with Crippen LogP contribution >= 0.6 is 0 Å². The van der Waals surface area contributed by atoms with E-state index in [4.69, 9.17) is 9.84 Å². The minimum atomic E-state index is -0.122. The summed E-state index contributed by atoms with van der Waals surface area (Å²) in [6.07, 6.45) is 2.51. The molecule has 2 aliphatic rings. The van der Waals surface area contributed by atoms with Gasteiger partial charge in [-0.05, 0) is 35.4 Å². The Morgan fingerprint density at radius 2 is 1.68 bits per heavy atom. The second-order valence-electron chi connectivity index (χ2n) is 8.60. The molecule has 7 heteroatoms. The van der Waals surface area contributed by atoms with Crippen molar-refractivity contribution >= 4 is 17.4 Å². The number of carbonyl (C=O) groups excluding carboxylic acids is 1. The lowest BCUT2D eigenvalue weighted by atomic mass is 9.98. The Balaban J connectivity index is 1.30. The number of rotatable bonds is 6. The third-order valence-corrected chi connectivity index (χ3v) is 6.48. The Bertz CT molecular complexity index is 1130. The summed E-state index contributed by atoms with van der Waals surface area (Å²) in [6.45, 7) is 3.70. The van der Waals surface area contributed by atoms with E-state index < -0.39 is 0 Å². The Labute approximate surface area is 200 Å². The lowest BCUT2D eigenvalue weighted by Crippen LogP contribution is -2.49. The van der Waals surface area contributed by atoms with Crippen LogP contribution in [0.15, 0.2) is 84.1 Å². The standard InChI is InChI=1S/C27H29N5O2/c1-34-23-12-10-22(11-13-23)25-19-24(21-7-3-2-4-8-21)29-32(25)27(33)20-30-15-17-31(18-16-30)26-9-5-6-14-28-26/h2-14,25H,15-20H2,1H3/t25-/m1/s1. The molecule has 0 N–H and O–H groups in total. The number of hydrogen-bond donors (Lipinski definition) is 0. The molecule has 1 fully saturated rings. The summed E-state index contributed by atoms with van der Waals surface area (Å²) in [5.74, 6) is 1.82. The van der Waals surface area contributed by atoms with E-state index >= 15 is 0 Å². The maximum Gasteiger partial charge on any atom is 0.257 e. The summed E-state index contributed by atoms with van der Waals surface area (Å²) >= 11 is 0. The third-order valence-electron chi connectivity index (χ3n) is 6.48. The fourth-order valence-corrected chi connectivity index (χ4v) is 4.57. The highest BCUT2D eigenvalue weighted by atomic mass is 16.5. The largest absolute Gasteiger partial charge is 0.497 e. The summed E-state index contributed by atoms with van der Waals surface area (Å²) in [6, 6.07) is 23.9. The van der Waals surface area contributed by atoms with E-state index in [1.807, 2.05) is 66.9 Å². The zero-order chi connectivity index (χ0) is 23.3. The average Bonchev–Trinajstić information content (AvgIpc) is 3.36. The van der Waals surface area contributed by atoms with Crippen LogP contribution in [0.3, 0.4) is 0 Å². The first-order valence-electron chi connectivity index (χ1n) is 11.7. The zero-order valence-corrected chi connectivity index (χ0v) is 19.4. The quantitative estimate of drug-likeness (QED) is 0.569. The molecule has 5 rings (SSSR count). The fraction of sp³-hybridized carbons (Fsp3) is 0.296. The van der Waals surface area contributed by atoms with Crippen LogP contribution in [0.1, 0.15) is 23.6 Å². The van der Waals surface area contributed by atoms with Crippen molar-refractivity contribution in [2.75, 3.05) is 44.7 Å². The van der Waals surface area contributed by atoms with Crippen molar-refractivity contribution in [1.82, 2.24) is 14.9 Å². The first-order valence-corrected chi connectivity index (χ1v) is 11.7. The van der Waals surface area contributed by atoms with Crippen LogP contribution in [-0.4, -0.2) is 66.3 Å². The molecular weight excluding hydrogens is 426 g/mol.